The zero-order valence-electron chi connectivity index (χ0n) is 21.0. The first kappa shape index (κ1) is 21.6. The summed E-state index contributed by atoms with van der Waals surface area (Å²) >= 11 is 0. The number of piperidine rings is 1. The fraction of sp³-hybridized carbons (Fsp3) is 0.828. The van der Waals surface area contributed by atoms with E-state index in [2.05, 4.69) is 45.7 Å². The maximum atomic E-state index is 12.2. The number of ketones is 1. The molecule has 0 aromatic rings. The minimum Gasteiger partial charge on any atom is -0.369 e. The molecule has 2 aliphatic heterocycles. The van der Waals surface area contributed by atoms with Crippen LogP contribution in [0.1, 0.15) is 85.5 Å². The summed E-state index contributed by atoms with van der Waals surface area (Å²) in [6.45, 7) is 11.0. The Morgan fingerprint density at radius 1 is 1.22 bits per heavy atom. The molecule has 2 heterocycles. The number of carbonyl (C=O) groups is 1. The van der Waals surface area contributed by atoms with Crippen molar-refractivity contribution >= 4 is 5.78 Å². The summed E-state index contributed by atoms with van der Waals surface area (Å²) < 4.78 is 7.09. The molecule has 9 atom stereocenters. The van der Waals surface area contributed by atoms with Gasteiger partial charge in [-0.2, -0.15) is 0 Å². The maximum Gasteiger partial charge on any atom is 0.136 e. The van der Waals surface area contributed by atoms with Gasteiger partial charge in [-0.05, 0) is 88.0 Å². The molecule has 3 nitrogen and oxygen atoms in total. The van der Waals surface area contributed by atoms with E-state index in [0.717, 1.165) is 49.4 Å². The van der Waals surface area contributed by atoms with E-state index in [1.165, 1.54) is 44.2 Å². The van der Waals surface area contributed by atoms with Gasteiger partial charge in [-0.1, -0.05) is 43.6 Å². The third-order valence-corrected chi connectivity index (χ3v) is 11.3. The fourth-order valence-corrected chi connectivity index (χ4v) is 9.64. The van der Waals surface area contributed by atoms with Crippen molar-refractivity contribution in [2.45, 2.75) is 103 Å². The van der Waals surface area contributed by atoms with Crippen molar-refractivity contribution < 1.29 is 9.53 Å². The van der Waals surface area contributed by atoms with Gasteiger partial charge in [0.25, 0.3) is 0 Å². The maximum absolute atomic E-state index is 12.2. The van der Waals surface area contributed by atoms with Crippen molar-refractivity contribution in [3.63, 3.8) is 0 Å². The Bertz CT molecular complexity index is 888. The molecule has 0 unspecified atom stereocenters. The summed E-state index contributed by atoms with van der Waals surface area (Å²) in [5.41, 5.74) is 5.23. The second kappa shape index (κ2) is 7.28. The summed E-state index contributed by atoms with van der Waals surface area (Å²) in [7, 11) is 2.33. The van der Waals surface area contributed by atoms with Crippen LogP contribution in [0.2, 0.25) is 0 Å². The number of hydrogen-bond acceptors (Lipinski definition) is 3. The fourth-order valence-electron chi connectivity index (χ4n) is 9.64. The first-order valence-electron chi connectivity index (χ1n) is 13.5. The summed E-state index contributed by atoms with van der Waals surface area (Å²) in [4.78, 5) is 14.8. The van der Waals surface area contributed by atoms with Crippen LogP contribution in [0.15, 0.2) is 22.8 Å². The zero-order chi connectivity index (χ0) is 22.4. The quantitative estimate of drug-likeness (QED) is 0.439. The van der Waals surface area contributed by atoms with E-state index in [4.69, 9.17) is 4.74 Å². The predicted octanol–water partition coefficient (Wildman–Crippen LogP) is 5.94. The highest BCUT2D eigenvalue weighted by Gasteiger charge is 2.58. The van der Waals surface area contributed by atoms with Gasteiger partial charge in [0.05, 0.1) is 11.7 Å². The molecule has 4 aliphatic carbocycles. The Balaban J connectivity index is 1.29. The lowest BCUT2D eigenvalue weighted by Gasteiger charge is -2.47. The molecule has 3 heteroatoms. The Kier molecular flexibility index (Phi) is 4.91. The molecule has 2 saturated carbocycles. The van der Waals surface area contributed by atoms with E-state index in [9.17, 15) is 4.79 Å². The van der Waals surface area contributed by atoms with E-state index in [1.807, 2.05) is 0 Å². The molecule has 4 fully saturated rings. The zero-order valence-corrected chi connectivity index (χ0v) is 21.0. The van der Waals surface area contributed by atoms with Gasteiger partial charge in [-0.3, -0.25) is 4.79 Å². The van der Waals surface area contributed by atoms with Crippen LogP contribution >= 0.6 is 0 Å². The van der Waals surface area contributed by atoms with E-state index in [1.54, 1.807) is 11.1 Å². The number of fused-ring (bicyclic) bond motifs is 6. The molecule has 0 amide bonds. The standard InChI is InChI=1S/C29H43NO2/c1-17-12-26-27(30(5)16-17)19(3)29(32-26)11-9-22-23-7-6-20-13-21(31)8-10-28(20,4)25(23)14-24(22)18(2)15-29/h6,17,19,22-23,25-27H,7-16H2,1-5H3/t17-,19+,22-,23-,25-,26+,27-,28-,29-/m0/s1. The second-order valence-corrected chi connectivity index (χ2v) is 13.0. The summed E-state index contributed by atoms with van der Waals surface area (Å²) in [6, 6.07) is 0.591. The average Bonchev–Trinajstić information content (AvgIpc) is 3.19. The van der Waals surface area contributed by atoms with Crippen LogP contribution in [0.25, 0.3) is 0 Å². The number of Topliss-reactive ketones (excluding diaryl/α,β-unsaturated/α-hetero) is 1. The van der Waals surface area contributed by atoms with Crippen LogP contribution in [0, 0.1) is 35.0 Å². The van der Waals surface area contributed by atoms with Crippen LogP contribution in [0.3, 0.4) is 0 Å². The van der Waals surface area contributed by atoms with Crippen LogP contribution < -0.4 is 0 Å². The average molecular weight is 438 g/mol. The highest BCUT2D eigenvalue weighted by Crippen LogP contribution is 2.63. The van der Waals surface area contributed by atoms with Crippen molar-refractivity contribution in [1.82, 2.24) is 4.90 Å². The SMILES string of the molecule is CC1=C2C[C@H]3[C@@H](CC=C4CC(=O)CC[C@@]43C)[C@@H]2CC[C@@]2(C1)O[C@@H]1C[C@H](C)CN(C)[C@H]1[C@H]2C. The second-order valence-electron chi connectivity index (χ2n) is 13.0. The topological polar surface area (TPSA) is 29.5 Å². The number of hydrogen-bond donors (Lipinski definition) is 0. The first-order chi connectivity index (χ1) is 15.2. The van der Waals surface area contributed by atoms with E-state index < -0.39 is 0 Å². The number of likely N-dealkylation sites (N-methyl/N-ethyl adjacent to an activating group) is 1. The van der Waals surface area contributed by atoms with E-state index in [0.29, 0.717) is 23.8 Å². The molecule has 1 spiro atoms. The number of ether oxygens (including phenoxy) is 1. The minimum absolute atomic E-state index is 0.0431. The Labute approximate surface area is 195 Å². The number of rotatable bonds is 0. The van der Waals surface area contributed by atoms with E-state index >= 15 is 0 Å². The summed E-state index contributed by atoms with van der Waals surface area (Å²) in [5.74, 6) is 4.07. The number of likely N-dealkylation sites (tertiary alicyclic amines) is 1. The lowest BCUT2D eigenvalue weighted by Crippen LogP contribution is -2.49. The van der Waals surface area contributed by atoms with Gasteiger partial charge in [0.2, 0.25) is 0 Å². The van der Waals surface area contributed by atoms with Crippen molar-refractivity contribution in [1.29, 1.82) is 0 Å². The van der Waals surface area contributed by atoms with Crippen LogP contribution in [-0.2, 0) is 9.53 Å². The third-order valence-electron chi connectivity index (χ3n) is 11.3. The number of allylic oxidation sites excluding steroid dienone is 3. The summed E-state index contributed by atoms with van der Waals surface area (Å²) in [5, 5.41) is 0. The van der Waals surface area contributed by atoms with Crippen LogP contribution in [0.4, 0.5) is 0 Å². The van der Waals surface area contributed by atoms with Gasteiger partial charge >= 0.3 is 0 Å². The monoisotopic (exact) mass is 437 g/mol. The van der Waals surface area contributed by atoms with E-state index in [-0.39, 0.29) is 11.0 Å². The molecule has 6 rings (SSSR count). The van der Waals surface area contributed by atoms with Crippen LogP contribution in [-0.4, -0.2) is 42.0 Å². The van der Waals surface area contributed by atoms with Crippen molar-refractivity contribution in [3.05, 3.63) is 22.8 Å². The first-order valence-corrected chi connectivity index (χ1v) is 13.5. The predicted molar refractivity (Wildman–Crippen MR) is 128 cm³/mol. The van der Waals surface area contributed by atoms with Crippen molar-refractivity contribution in [2.24, 2.45) is 35.0 Å². The Morgan fingerprint density at radius 2 is 2.03 bits per heavy atom. The van der Waals surface area contributed by atoms with Crippen molar-refractivity contribution in [2.75, 3.05) is 13.6 Å². The molecule has 0 radical (unpaired) electrons. The molecular weight excluding hydrogens is 394 g/mol. The Morgan fingerprint density at radius 3 is 2.84 bits per heavy atom. The molecule has 6 aliphatic rings. The molecule has 0 bridgehead atoms. The number of nitrogens with zero attached hydrogens (tertiary/aromatic N) is 1. The third kappa shape index (κ3) is 2.95. The van der Waals surface area contributed by atoms with Crippen molar-refractivity contribution in [3.8, 4) is 0 Å². The normalized spacial score (nSPS) is 51.1. The highest BCUT2D eigenvalue weighted by atomic mass is 16.5. The highest BCUT2D eigenvalue weighted by molar-refractivity contribution is 5.82. The smallest absolute Gasteiger partial charge is 0.136 e. The molecule has 0 aromatic heterocycles. The molecular formula is C29H43NO2. The van der Waals surface area contributed by atoms with Gasteiger partial charge in [-0.25, -0.2) is 0 Å². The van der Waals surface area contributed by atoms with Gasteiger partial charge < -0.3 is 9.64 Å². The minimum atomic E-state index is 0.0431. The Hall–Kier alpha value is -0.930. The molecule has 0 N–H and O–H groups in total. The van der Waals surface area contributed by atoms with Gasteiger partial charge in [0.15, 0.2) is 0 Å². The summed E-state index contributed by atoms with van der Waals surface area (Å²) in [6.07, 6.45) is 12.9. The van der Waals surface area contributed by atoms with Gasteiger partial charge in [-0.15, -0.1) is 0 Å². The molecule has 176 valence electrons. The lowest BCUT2D eigenvalue weighted by molar-refractivity contribution is -0.121. The van der Waals surface area contributed by atoms with Gasteiger partial charge in [0, 0.05) is 31.3 Å². The van der Waals surface area contributed by atoms with Gasteiger partial charge in [0.1, 0.15) is 5.78 Å². The largest absolute Gasteiger partial charge is 0.369 e. The molecule has 2 saturated heterocycles. The lowest BCUT2D eigenvalue weighted by atomic mass is 9.57. The number of carbonyl (C=O) groups excluding carboxylic acids is 1. The molecule has 32 heavy (non-hydrogen) atoms. The molecule has 0 aromatic carbocycles. The van der Waals surface area contributed by atoms with Crippen LogP contribution in [0.5, 0.6) is 0 Å².